The number of hydrogen-bond acceptors (Lipinski definition) is 4. The van der Waals surface area contributed by atoms with Crippen molar-refractivity contribution in [1.29, 1.82) is 0 Å². The lowest BCUT2D eigenvalue weighted by molar-refractivity contribution is -0.125. The molecule has 0 spiro atoms. The van der Waals surface area contributed by atoms with Gasteiger partial charge in [-0.25, -0.2) is 4.68 Å². The third-order valence-electron chi connectivity index (χ3n) is 4.91. The molecule has 1 aromatic carbocycles. The number of rotatable bonds is 4. The molecule has 0 aliphatic carbocycles. The minimum absolute atomic E-state index is 0.0333. The number of carbonyl (C=O) groups excluding carboxylic acids is 2. The standard InChI is InChI=1S/C19H23N3O3/c1-12-17(13(2)22(20-12)16-7-5-4-6-8-16)18(24)19(25)21-10-9-15(11-21)14(3)23/h4-8,14-15,23H,9-11H2,1-3H3. The normalized spacial score (nSPS) is 18.4. The Balaban J connectivity index is 1.86. The number of aliphatic hydroxyl groups is 1. The zero-order valence-electron chi connectivity index (χ0n) is 14.8. The number of aliphatic hydroxyl groups excluding tert-OH is 1. The Bertz CT molecular complexity index is 796. The highest BCUT2D eigenvalue weighted by molar-refractivity contribution is 6.43. The largest absolute Gasteiger partial charge is 0.393 e. The summed E-state index contributed by atoms with van der Waals surface area (Å²) in [5.74, 6) is -1.00. The van der Waals surface area contributed by atoms with Crippen molar-refractivity contribution < 1.29 is 14.7 Å². The molecule has 0 bridgehead atoms. The third kappa shape index (κ3) is 3.22. The maximum absolute atomic E-state index is 12.8. The SMILES string of the molecule is Cc1nn(-c2ccccc2)c(C)c1C(=O)C(=O)N1CCC(C(C)O)C1. The molecule has 0 saturated carbocycles. The summed E-state index contributed by atoms with van der Waals surface area (Å²) in [7, 11) is 0. The zero-order chi connectivity index (χ0) is 18.1. The fourth-order valence-electron chi connectivity index (χ4n) is 3.41. The van der Waals surface area contributed by atoms with Gasteiger partial charge in [-0.3, -0.25) is 9.59 Å². The smallest absolute Gasteiger partial charge is 0.295 e. The maximum Gasteiger partial charge on any atom is 0.295 e. The summed E-state index contributed by atoms with van der Waals surface area (Å²) < 4.78 is 1.69. The van der Waals surface area contributed by atoms with E-state index in [0.29, 0.717) is 30.0 Å². The van der Waals surface area contributed by atoms with Crippen LogP contribution >= 0.6 is 0 Å². The predicted molar refractivity (Wildman–Crippen MR) is 93.7 cm³/mol. The van der Waals surface area contributed by atoms with Gasteiger partial charge in [-0.1, -0.05) is 18.2 Å². The van der Waals surface area contributed by atoms with Crippen LogP contribution in [0.5, 0.6) is 0 Å². The highest BCUT2D eigenvalue weighted by atomic mass is 16.3. The van der Waals surface area contributed by atoms with Crippen molar-refractivity contribution in [3.05, 3.63) is 47.3 Å². The molecular formula is C19H23N3O3. The van der Waals surface area contributed by atoms with Crippen LogP contribution in [0.2, 0.25) is 0 Å². The molecule has 1 aliphatic heterocycles. The van der Waals surface area contributed by atoms with E-state index in [1.54, 1.807) is 30.4 Å². The Morgan fingerprint density at radius 3 is 2.52 bits per heavy atom. The Hall–Kier alpha value is -2.47. The van der Waals surface area contributed by atoms with Crippen molar-refractivity contribution >= 4 is 11.7 Å². The molecule has 1 aliphatic rings. The number of para-hydroxylation sites is 1. The minimum atomic E-state index is -0.525. The van der Waals surface area contributed by atoms with E-state index in [-0.39, 0.29) is 5.92 Å². The lowest BCUT2D eigenvalue weighted by atomic mass is 10.0. The van der Waals surface area contributed by atoms with E-state index < -0.39 is 17.8 Å². The highest BCUT2D eigenvalue weighted by Gasteiger charge is 2.34. The van der Waals surface area contributed by atoms with Crippen LogP contribution in [0.15, 0.2) is 30.3 Å². The van der Waals surface area contributed by atoms with Crippen molar-refractivity contribution in [2.45, 2.75) is 33.3 Å². The number of likely N-dealkylation sites (tertiary alicyclic amines) is 1. The van der Waals surface area contributed by atoms with Gasteiger partial charge < -0.3 is 10.0 Å². The lowest BCUT2D eigenvalue weighted by Gasteiger charge is -2.17. The number of ketones is 1. The molecule has 1 fully saturated rings. The molecule has 2 heterocycles. The fourth-order valence-corrected chi connectivity index (χ4v) is 3.41. The monoisotopic (exact) mass is 341 g/mol. The van der Waals surface area contributed by atoms with Gasteiger partial charge in [-0.05, 0) is 39.3 Å². The fraction of sp³-hybridized carbons (Fsp3) is 0.421. The van der Waals surface area contributed by atoms with Gasteiger partial charge in [0.25, 0.3) is 11.7 Å². The van der Waals surface area contributed by atoms with Crippen LogP contribution in [-0.2, 0) is 4.79 Å². The van der Waals surface area contributed by atoms with Crippen LogP contribution < -0.4 is 0 Å². The summed E-state index contributed by atoms with van der Waals surface area (Å²) in [6.07, 6.45) is 0.245. The van der Waals surface area contributed by atoms with E-state index in [0.717, 1.165) is 12.1 Å². The van der Waals surface area contributed by atoms with Gasteiger partial charge in [0.1, 0.15) is 0 Å². The quantitative estimate of drug-likeness (QED) is 0.681. The molecule has 2 aromatic rings. The summed E-state index contributed by atoms with van der Waals surface area (Å²) in [4.78, 5) is 26.9. The topological polar surface area (TPSA) is 75.4 Å². The summed E-state index contributed by atoms with van der Waals surface area (Å²) in [5, 5.41) is 14.1. The van der Waals surface area contributed by atoms with Gasteiger partial charge in [0.15, 0.2) is 0 Å². The van der Waals surface area contributed by atoms with Crippen molar-refractivity contribution in [3.63, 3.8) is 0 Å². The summed E-state index contributed by atoms with van der Waals surface area (Å²) in [6.45, 7) is 6.20. The van der Waals surface area contributed by atoms with Crippen molar-refractivity contribution in [2.75, 3.05) is 13.1 Å². The van der Waals surface area contributed by atoms with E-state index >= 15 is 0 Å². The number of hydrogen-bond donors (Lipinski definition) is 1. The summed E-state index contributed by atoms with van der Waals surface area (Å²) in [6, 6.07) is 9.53. The first kappa shape index (κ1) is 17.4. The van der Waals surface area contributed by atoms with Gasteiger partial charge in [0.05, 0.1) is 28.7 Å². The van der Waals surface area contributed by atoms with Gasteiger partial charge in [-0.15, -0.1) is 0 Å². The van der Waals surface area contributed by atoms with Crippen molar-refractivity contribution in [1.82, 2.24) is 14.7 Å². The average Bonchev–Trinajstić information content (AvgIpc) is 3.20. The second-order valence-electron chi connectivity index (χ2n) is 6.66. The third-order valence-corrected chi connectivity index (χ3v) is 4.91. The predicted octanol–water partition coefficient (Wildman–Crippen LogP) is 1.90. The molecule has 2 atom stereocenters. The molecule has 6 nitrogen and oxygen atoms in total. The highest BCUT2D eigenvalue weighted by Crippen LogP contribution is 2.23. The number of Topliss-reactive ketones (excluding diaryl/α,β-unsaturated/α-hetero) is 1. The van der Waals surface area contributed by atoms with Crippen LogP contribution in [0.25, 0.3) is 5.69 Å². The van der Waals surface area contributed by atoms with Gasteiger partial charge in [0.2, 0.25) is 0 Å². The van der Waals surface area contributed by atoms with E-state index in [1.807, 2.05) is 30.3 Å². The Morgan fingerprint density at radius 2 is 1.92 bits per heavy atom. The number of carbonyl (C=O) groups is 2. The molecule has 1 amide bonds. The van der Waals surface area contributed by atoms with E-state index in [9.17, 15) is 14.7 Å². The van der Waals surface area contributed by atoms with E-state index in [4.69, 9.17) is 0 Å². The number of aryl methyl sites for hydroxylation is 1. The molecule has 1 saturated heterocycles. The molecule has 3 rings (SSSR count). The van der Waals surface area contributed by atoms with Gasteiger partial charge >= 0.3 is 0 Å². The molecule has 1 aromatic heterocycles. The minimum Gasteiger partial charge on any atom is -0.393 e. The van der Waals surface area contributed by atoms with Crippen molar-refractivity contribution in [2.24, 2.45) is 5.92 Å². The first-order valence-electron chi connectivity index (χ1n) is 8.53. The molecule has 2 unspecified atom stereocenters. The summed E-state index contributed by atoms with van der Waals surface area (Å²) >= 11 is 0. The maximum atomic E-state index is 12.8. The van der Waals surface area contributed by atoms with Gasteiger partial charge in [-0.2, -0.15) is 5.10 Å². The van der Waals surface area contributed by atoms with E-state index in [2.05, 4.69) is 5.10 Å². The van der Waals surface area contributed by atoms with Crippen LogP contribution in [0.3, 0.4) is 0 Å². The number of amides is 1. The average molecular weight is 341 g/mol. The van der Waals surface area contributed by atoms with Crippen LogP contribution in [0, 0.1) is 19.8 Å². The molecule has 132 valence electrons. The van der Waals surface area contributed by atoms with Crippen molar-refractivity contribution in [3.8, 4) is 5.69 Å². The Kier molecular flexibility index (Phi) is 4.72. The molecule has 1 N–H and O–H groups in total. The molecule has 6 heteroatoms. The molecule has 0 radical (unpaired) electrons. The second-order valence-corrected chi connectivity index (χ2v) is 6.66. The molecular weight excluding hydrogens is 318 g/mol. The Labute approximate surface area is 147 Å². The summed E-state index contributed by atoms with van der Waals surface area (Å²) in [5.41, 5.74) is 2.43. The second kappa shape index (κ2) is 6.80. The van der Waals surface area contributed by atoms with Crippen LogP contribution in [-0.4, -0.2) is 50.7 Å². The first-order valence-corrected chi connectivity index (χ1v) is 8.53. The van der Waals surface area contributed by atoms with E-state index in [1.165, 1.54) is 0 Å². The Morgan fingerprint density at radius 1 is 1.24 bits per heavy atom. The number of nitrogens with zero attached hydrogens (tertiary/aromatic N) is 3. The van der Waals surface area contributed by atoms with Gasteiger partial charge in [0, 0.05) is 19.0 Å². The van der Waals surface area contributed by atoms with Crippen LogP contribution in [0.1, 0.15) is 35.1 Å². The lowest BCUT2D eigenvalue weighted by Crippen LogP contribution is -2.36. The number of benzene rings is 1. The first-order chi connectivity index (χ1) is 11.9. The zero-order valence-corrected chi connectivity index (χ0v) is 14.8. The van der Waals surface area contributed by atoms with Crippen LogP contribution in [0.4, 0.5) is 0 Å². The number of aromatic nitrogens is 2. The molecule has 25 heavy (non-hydrogen) atoms.